The van der Waals surface area contributed by atoms with Gasteiger partial charge in [-0.05, 0) is 62.1 Å². The van der Waals surface area contributed by atoms with Crippen LogP contribution in [0.15, 0.2) is 77.7 Å². The van der Waals surface area contributed by atoms with Crippen molar-refractivity contribution in [3.63, 3.8) is 0 Å². The number of halogens is 2. The summed E-state index contributed by atoms with van der Waals surface area (Å²) in [6, 6.07) is 19.7. The van der Waals surface area contributed by atoms with Gasteiger partial charge in [-0.2, -0.15) is 0 Å². The van der Waals surface area contributed by atoms with E-state index in [-0.39, 0.29) is 33.1 Å². The minimum absolute atomic E-state index is 0.0283. The molecule has 0 aliphatic carbocycles. The number of amides is 2. The first-order valence-corrected chi connectivity index (χ1v) is 15.4. The Labute approximate surface area is 247 Å². The lowest BCUT2D eigenvalue weighted by Gasteiger charge is -2.33. The average molecular weight is 605 g/mol. The molecule has 10 heteroatoms. The topological polar surface area (TPSA) is 86.8 Å². The quantitative estimate of drug-likeness (QED) is 0.264. The highest BCUT2D eigenvalue weighted by molar-refractivity contribution is 7.92. The molecular weight excluding hydrogens is 569 g/mol. The predicted molar refractivity (Wildman–Crippen MR) is 161 cm³/mol. The molecule has 0 saturated heterocycles. The van der Waals surface area contributed by atoms with E-state index in [1.54, 1.807) is 12.1 Å². The molecule has 3 rings (SSSR count). The van der Waals surface area contributed by atoms with Crippen LogP contribution in [-0.4, -0.2) is 50.8 Å². The highest BCUT2D eigenvalue weighted by Crippen LogP contribution is 2.31. The maximum absolute atomic E-state index is 14.0. The molecule has 0 unspecified atom stereocenters. The Morgan fingerprint density at radius 1 is 0.925 bits per heavy atom. The summed E-state index contributed by atoms with van der Waals surface area (Å²) < 4.78 is 28.8. The van der Waals surface area contributed by atoms with Gasteiger partial charge in [-0.1, -0.05) is 85.1 Å². The molecule has 214 valence electrons. The van der Waals surface area contributed by atoms with Gasteiger partial charge in [0.1, 0.15) is 12.6 Å². The summed E-state index contributed by atoms with van der Waals surface area (Å²) in [5, 5.41) is 3.29. The van der Waals surface area contributed by atoms with E-state index < -0.39 is 28.5 Å². The van der Waals surface area contributed by atoms with Crippen molar-refractivity contribution in [3.8, 4) is 0 Å². The van der Waals surface area contributed by atoms with Crippen LogP contribution in [0.25, 0.3) is 0 Å². The van der Waals surface area contributed by atoms with E-state index >= 15 is 0 Å². The van der Waals surface area contributed by atoms with Gasteiger partial charge in [-0.25, -0.2) is 8.42 Å². The van der Waals surface area contributed by atoms with Crippen LogP contribution in [0, 0.1) is 6.92 Å². The van der Waals surface area contributed by atoms with Gasteiger partial charge in [-0.3, -0.25) is 13.9 Å². The zero-order valence-electron chi connectivity index (χ0n) is 22.9. The lowest BCUT2D eigenvalue weighted by atomic mass is 10.1. The fourth-order valence-corrected chi connectivity index (χ4v) is 5.97. The molecule has 3 aromatic rings. The monoisotopic (exact) mass is 603 g/mol. The number of benzene rings is 3. The summed E-state index contributed by atoms with van der Waals surface area (Å²) >= 11 is 12.4. The van der Waals surface area contributed by atoms with E-state index in [0.717, 1.165) is 21.9 Å². The molecule has 0 heterocycles. The van der Waals surface area contributed by atoms with Crippen LogP contribution in [-0.2, 0) is 26.0 Å². The van der Waals surface area contributed by atoms with Crippen molar-refractivity contribution in [3.05, 3.63) is 94.0 Å². The van der Waals surface area contributed by atoms with Crippen LogP contribution in [0.4, 0.5) is 5.69 Å². The number of nitrogens with zero attached hydrogens (tertiary/aromatic N) is 2. The second kappa shape index (κ2) is 14.5. The van der Waals surface area contributed by atoms with Crippen LogP contribution >= 0.6 is 23.2 Å². The highest BCUT2D eigenvalue weighted by atomic mass is 35.5. The van der Waals surface area contributed by atoms with E-state index in [1.807, 2.05) is 51.1 Å². The number of anilines is 1. The number of sulfonamides is 1. The van der Waals surface area contributed by atoms with E-state index in [9.17, 15) is 18.0 Å². The number of hydrogen-bond acceptors (Lipinski definition) is 4. The van der Waals surface area contributed by atoms with Crippen molar-refractivity contribution in [1.29, 1.82) is 0 Å². The molecular formula is C30H35Cl2N3O4S. The molecule has 0 aromatic heterocycles. The molecule has 2 amide bonds. The molecule has 1 N–H and O–H groups in total. The van der Waals surface area contributed by atoms with Gasteiger partial charge in [0.2, 0.25) is 11.8 Å². The van der Waals surface area contributed by atoms with Gasteiger partial charge in [0.05, 0.1) is 20.6 Å². The molecule has 0 radical (unpaired) electrons. The summed E-state index contributed by atoms with van der Waals surface area (Å²) in [6.45, 7) is 5.83. The van der Waals surface area contributed by atoms with E-state index in [4.69, 9.17) is 23.2 Å². The SMILES string of the molecule is CCCNC(=O)[C@@H](CC)N(CCc1ccccc1)C(=O)CN(c1ccc(Cl)c(Cl)c1)S(=O)(=O)c1ccc(C)cc1. The first-order chi connectivity index (χ1) is 19.1. The first kappa shape index (κ1) is 31.5. The Morgan fingerprint density at radius 3 is 2.20 bits per heavy atom. The molecule has 0 spiro atoms. The Bertz CT molecular complexity index is 1400. The Hall–Kier alpha value is -3.07. The number of aryl methyl sites for hydroxylation is 1. The van der Waals surface area contributed by atoms with E-state index in [1.165, 1.54) is 35.2 Å². The molecule has 1 atom stereocenters. The van der Waals surface area contributed by atoms with Crippen molar-refractivity contribution in [2.45, 2.75) is 51.0 Å². The summed E-state index contributed by atoms with van der Waals surface area (Å²) in [7, 11) is -4.18. The zero-order chi connectivity index (χ0) is 29.3. The van der Waals surface area contributed by atoms with Crippen LogP contribution in [0.3, 0.4) is 0 Å². The maximum atomic E-state index is 14.0. The van der Waals surface area contributed by atoms with Crippen LogP contribution in [0.1, 0.15) is 37.8 Å². The summed E-state index contributed by atoms with van der Waals surface area (Å²) in [6.07, 6.45) is 1.62. The second-order valence-electron chi connectivity index (χ2n) is 9.46. The molecule has 0 aliphatic heterocycles. The van der Waals surface area contributed by atoms with Gasteiger partial charge in [0.15, 0.2) is 0 Å². The number of carbonyl (C=O) groups is 2. The summed E-state index contributed by atoms with van der Waals surface area (Å²) in [4.78, 5) is 28.6. The fraction of sp³-hybridized carbons (Fsp3) is 0.333. The Balaban J connectivity index is 2.02. The second-order valence-corrected chi connectivity index (χ2v) is 12.1. The van der Waals surface area contributed by atoms with Crippen LogP contribution in [0.2, 0.25) is 10.0 Å². The van der Waals surface area contributed by atoms with Gasteiger partial charge >= 0.3 is 0 Å². The van der Waals surface area contributed by atoms with Crippen molar-refractivity contribution in [2.75, 3.05) is 23.9 Å². The van der Waals surface area contributed by atoms with Crippen LogP contribution < -0.4 is 9.62 Å². The minimum Gasteiger partial charge on any atom is -0.354 e. The van der Waals surface area contributed by atoms with E-state index in [0.29, 0.717) is 19.4 Å². The fourth-order valence-electron chi connectivity index (χ4n) is 4.27. The molecule has 7 nitrogen and oxygen atoms in total. The number of hydrogen-bond donors (Lipinski definition) is 1. The van der Waals surface area contributed by atoms with Crippen molar-refractivity contribution >= 4 is 50.7 Å². The van der Waals surface area contributed by atoms with Gasteiger partial charge in [0, 0.05) is 13.1 Å². The third-order valence-electron chi connectivity index (χ3n) is 6.50. The maximum Gasteiger partial charge on any atom is 0.264 e. The average Bonchev–Trinajstić information content (AvgIpc) is 2.94. The van der Waals surface area contributed by atoms with Gasteiger partial charge < -0.3 is 10.2 Å². The number of carbonyl (C=O) groups excluding carboxylic acids is 2. The summed E-state index contributed by atoms with van der Waals surface area (Å²) in [5.74, 6) is -0.774. The predicted octanol–water partition coefficient (Wildman–Crippen LogP) is 5.87. The molecule has 0 bridgehead atoms. The number of nitrogens with one attached hydrogen (secondary N) is 1. The number of rotatable bonds is 13. The third kappa shape index (κ3) is 7.99. The minimum atomic E-state index is -4.18. The Morgan fingerprint density at radius 2 is 1.60 bits per heavy atom. The molecule has 0 fully saturated rings. The van der Waals surface area contributed by atoms with Crippen molar-refractivity contribution in [2.24, 2.45) is 0 Å². The standard InChI is InChI=1S/C30H35Cl2N3O4S/c1-4-18-33-30(37)28(5-2)34(19-17-23-9-7-6-8-10-23)29(36)21-35(24-13-16-26(31)27(32)20-24)40(38,39)25-14-11-22(3)12-15-25/h6-16,20,28H,4-5,17-19,21H2,1-3H3,(H,33,37)/t28-/m1/s1. The van der Waals surface area contributed by atoms with Gasteiger partial charge in [0.25, 0.3) is 10.0 Å². The lowest BCUT2D eigenvalue weighted by molar-refractivity contribution is -0.139. The largest absolute Gasteiger partial charge is 0.354 e. The molecule has 0 aliphatic rings. The normalized spacial score (nSPS) is 12.0. The van der Waals surface area contributed by atoms with Crippen molar-refractivity contribution < 1.29 is 18.0 Å². The van der Waals surface area contributed by atoms with Crippen LogP contribution in [0.5, 0.6) is 0 Å². The molecule has 40 heavy (non-hydrogen) atoms. The zero-order valence-corrected chi connectivity index (χ0v) is 25.3. The molecule has 0 saturated carbocycles. The summed E-state index contributed by atoms with van der Waals surface area (Å²) in [5.41, 5.74) is 2.08. The smallest absolute Gasteiger partial charge is 0.264 e. The lowest BCUT2D eigenvalue weighted by Crippen LogP contribution is -2.53. The first-order valence-electron chi connectivity index (χ1n) is 13.2. The van der Waals surface area contributed by atoms with Crippen molar-refractivity contribution in [1.82, 2.24) is 10.2 Å². The Kier molecular flexibility index (Phi) is 11.4. The molecule has 3 aromatic carbocycles. The third-order valence-corrected chi connectivity index (χ3v) is 9.03. The van der Waals surface area contributed by atoms with Gasteiger partial charge in [-0.15, -0.1) is 0 Å². The van der Waals surface area contributed by atoms with E-state index in [2.05, 4.69) is 5.32 Å². The highest BCUT2D eigenvalue weighted by Gasteiger charge is 2.33.